The van der Waals surface area contributed by atoms with E-state index in [1.807, 2.05) is 11.9 Å². The van der Waals surface area contributed by atoms with Gasteiger partial charge in [0.2, 0.25) is 5.91 Å². The number of rotatable bonds is 5. The van der Waals surface area contributed by atoms with E-state index in [-0.39, 0.29) is 11.9 Å². The van der Waals surface area contributed by atoms with E-state index in [2.05, 4.69) is 41.0 Å². The Morgan fingerprint density at radius 2 is 1.87 bits per heavy atom. The van der Waals surface area contributed by atoms with Crippen LogP contribution in [0.2, 0.25) is 0 Å². The van der Waals surface area contributed by atoms with E-state index in [0.717, 1.165) is 52.1 Å². The van der Waals surface area contributed by atoms with Crippen LogP contribution in [0.25, 0.3) is 0 Å². The van der Waals surface area contributed by atoms with Gasteiger partial charge in [0.05, 0.1) is 6.04 Å². The number of aryl methyl sites for hydroxylation is 1. The molecule has 1 fully saturated rings. The van der Waals surface area contributed by atoms with E-state index < -0.39 is 0 Å². The molecule has 1 heterocycles. The van der Waals surface area contributed by atoms with Gasteiger partial charge in [-0.05, 0) is 30.5 Å². The summed E-state index contributed by atoms with van der Waals surface area (Å²) in [7, 11) is 1.98. The SMILES string of the molecule is CCN1CCN(CCC(=O)N(C)[C@@H]2CCc3ccccc32)CC1. The van der Waals surface area contributed by atoms with Crippen LogP contribution >= 0.6 is 0 Å². The minimum atomic E-state index is 0.274. The third-order valence-electron chi connectivity index (χ3n) is 5.52. The number of hydrogen-bond donors (Lipinski definition) is 0. The molecule has 0 bridgehead atoms. The maximum absolute atomic E-state index is 12.6. The average molecular weight is 315 g/mol. The minimum Gasteiger partial charge on any atom is -0.339 e. The Morgan fingerprint density at radius 3 is 2.61 bits per heavy atom. The smallest absolute Gasteiger partial charge is 0.224 e. The molecular formula is C19H29N3O. The summed E-state index contributed by atoms with van der Waals surface area (Å²) in [6.07, 6.45) is 2.80. The van der Waals surface area contributed by atoms with Crippen LogP contribution in [0.3, 0.4) is 0 Å². The van der Waals surface area contributed by atoms with Gasteiger partial charge in [0.25, 0.3) is 0 Å². The van der Waals surface area contributed by atoms with Crippen LogP contribution in [0.15, 0.2) is 24.3 Å². The molecule has 4 nitrogen and oxygen atoms in total. The van der Waals surface area contributed by atoms with Crippen LogP contribution in [0.4, 0.5) is 0 Å². The lowest BCUT2D eigenvalue weighted by atomic mass is 10.1. The summed E-state index contributed by atoms with van der Waals surface area (Å²) >= 11 is 0. The molecule has 3 rings (SSSR count). The van der Waals surface area contributed by atoms with Gasteiger partial charge < -0.3 is 14.7 Å². The molecule has 4 heteroatoms. The molecule has 126 valence electrons. The first-order valence-corrected chi connectivity index (χ1v) is 8.97. The second-order valence-corrected chi connectivity index (χ2v) is 6.78. The number of carbonyl (C=O) groups excluding carboxylic acids is 1. The van der Waals surface area contributed by atoms with Crippen molar-refractivity contribution in [2.75, 3.05) is 46.3 Å². The predicted molar refractivity (Wildman–Crippen MR) is 93.4 cm³/mol. The topological polar surface area (TPSA) is 26.8 Å². The number of benzene rings is 1. The predicted octanol–water partition coefficient (Wildman–Crippen LogP) is 2.16. The highest BCUT2D eigenvalue weighted by Crippen LogP contribution is 2.34. The van der Waals surface area contributed by atoms with Gasteiger partial charge in [0.1, 0.15) is 0 Å². The fourth-order valence-corrected chi connectivity index (χ4v) is 3.87. The van der Waals surface area contributed by atoms with Crippen LogP contribution in [-0.4, -0.2) is 66.9 Å². The van der Waals surface area contributed by atoms with Crippen LogP contribution in [-0.2, 0) is 11.2 Å². The average Bonchev–Trinajstić information content (AvgIpc) is 3.03. The number of nitrogens with zero attached hydrogens (tertiary/aromatic N) is 3. The molecule has 0 N–H and O–H groups in total. The van der Waals surface area contributed by atoms with Crippen LogP contribution < -0.4 is 0 Å². The van der Waals surface area contributed by atoms with Crippen molar-refractivity contribution >= 4 is 5.91 Å². The highest BCUT2D eigenvalue weighted by molar-refractivity contribution is 5.76. The van der Waals surface area contributed by atoms with Crippen molar-refractivity contribution in [1.82, 2.24) is 14.7 Å². The lowest BCUT2D eigenvalue weighted by molar-refractivity contribution is -0.132. The lowest BCUT2D eigenvalue weighted by Gasteiger charge is -2.34. The zero-order valence-electron chi connectivity index (χ0n) is 14.5. The number of piperazine rings is 1. The number of carbonyl (C=O) groups is 1. The van der Waals surface area contributed by atoms with Crippen LogP contribution in [0.5, 0.6) is 0 Å². The quantitative estimate of drug-likeness (QED) is 0.833. The van der Waals surface area contributed by atoms with E-state index >= 15 is 0 Å². The molecule has 1 atom stereocenters. The normalized spacial score (nSPS) is 22.1. The Bertz CT molecular complexity index is 537. The largest absolute Gasteiger partial charge is 0.339 e. The number of hydrogen-bond acceptors (Lipinski definition) is 3. The van der Waals surface area contributed by atoms with Gasteiger partial charge in [-0.1, -0.05) is 31.2 Å². The van der Waals surface area contributed by atoms with Crippen molar-refractivity contribution in [3.63, 3.8) is 0 Å². The summed E-state index contributed by atoms with van der Waals surface area (Å²) in [6, 6.07) is 8.83. The van der Waals surface area contributed by atoms with Crippen LogP contribution in [0, 0.1) is 0 Å². The van der Waals surface area contributed by atoms with E-state index in [9.17, 15) is 4.79 Å². The first-order chi connectivity index (χ1) is 11.2. The van der Waals surface area contributed by atoms with Gasteiger partial charge in [-0.15, -0.1) is 0 Å². The summed E-state index contributed by atoms with van der Waals surface area (Å²) in [4.78, 5) is 19.5. The molecule has 1 amide bonds. The number of likely N-dealkylation sites (N-methyl/N-ethyl adjacent to an activating group) is 1. The minimum absolute atomic E-state index is 0.274. The number of fused-ring (bicyclic) bond motifs is 1. The highest BCUT2D eigenvalue weighted by atomic mass is 16.2. The Morgan fingerprint density at radius 1 is 1.17 bits per heavy atom. The Balaban J connectivity index is 1.49. The van der Waals surface area contributed by atoms with E-state index in [0.29, 0.717) is 6.42 Å². The molecule has 0 radical (unpaired) electrons. The fraction of sp³-hybridized carbons (Fsp3) is 0.632. The summed E-state index contributed by atoms with van der Waals surface area (Å²) in [5.41, 5.74) is 2.76. The van der Waals surface area contributed by atoms with Crippen molar-refractivity contribution in [3.05, 3.63) is 35.4 Å². The van der Waals surface area contributed by atoms with Gasteiger partial charge in [-0.2, -0.15) is 0 Å². The molecule has 1 aliphatic carbocycles. The van der Waals surface area contributed by atoms with E-state index in [1.54, 1.807) is 0 Å². The van der Waals surface area contributed by atoms with E-state index in [1.165, 1.54) is 11.1 Å². The molecule has 23 heavy (non-hydrogen) atoms. The second kappa shape index (κ2) is 7.45. The first-order valence-electron chi connectivity index (χ1n) is 8.97. The molecule has 0 unspecified atom stereocenters. The van der Waals surface area contributed by atoms with Crippen molar-refractivity contribution in [2.24, 2.45) is 0 Å². The third-order valence-corrected chi connectivity index (χ3v) is 5.52. The lowest BCUT2D eigenvalue weighted by Crippen LogP contribution is -2.47. The van der Waals surface area contributed by atoms with Gasteiger partial charge in [-0.25, -0.2) is 0 Å². The molecule has 0 saturated carbocycles. The molecule has 0 aromatic heterocycles. The molecule has 1 aliphatic heterocycles. The van der Waals surface area contributed by atoms with Crippen molar-refractivity contribution in [1.29, 1.82) is 0 Å². The van der Waals surface area contributed by atoms with Gasteiger partial charge >= 0.3 is 0 Å². The number of amides is 1. The summed E-state index contributed by atoms with van der Waals surface area (Å²) in [5.74, 6) is 0.282. The third kappa shape index (κ3) is 3.75. The van der Waals surface area contributed by atoms with Crippen molar-refractivity contribution in [3.8, 4) is 0 Å². The highest BCUT2D eigenvalue weighted by Gasteiger charge is 2.28. The first kappa shape index (κ1) is 16.5. The zero-order chi connectivity index (χ0) is 16.2. The summed E-state index contributed by atoms with van der Waals surface area (Å²) < 4.78 is 0. The molecule has 1 aromatic rings. The zero-order valence-corrected chi connectivity index (χ0v) is 14.5. The van der Waals surface area contributed by atoms with E-state index in [4.69, 9.17) is 0 Å². The molecule has 0 spiro atoms. The molecular weight excluding hydrogens is 286 g/mol. The second-order valence-electron chi connectivity index (χ2n) is 6.78. The van der Waals surface area contributed by atoms with Crippen molar-refractivity contribution < 1.29 is 4.79 Å². The molecule has 1 saturated heterocycles. The van der Waals surface area contributed by atoms with Gasteiger partial charge in [0.15, 0.2) is 0 Å². The monoisotopic (exact) mass is 315 g/mol. The fourth-order valence-electron chi connectivity index (χ4n) is 3.87. The standard InChI is InChI=1S/C19H29N3O/c1-3-21-12-14-22(15-13-21)11-10-19(23)20(2)18-9-8-16-6-4-5-7-17(16)18/h4-7,18H,3,8-15H2,1-2H3/t18-/m1/s1. The maximum Gasteiger partial charge on any atom is 0.224 e. The Hall–Kier alpha value is -1.39. The van der Waals surface area contributed by atoms with Crippen molar-refractivity contribution in [2.45, 2.75) is 32.2 Å². The molecule has 1 aromatic carbocycles. The van der Waals surface area contributed by atoms with Gasteiger partial charge in [0, 0.05) is 46.2 Å². The van der Waals surface area contributed by atoms with Gasteiger partial charge in [-0.3, -0.25) is 4.79 Å². The Kier molecular flexibility index (Phi) is 5.34. The van der Waals surface area contributed by atoms with Crippen LogP contribution in [0.1, 0.15) is 36.9 Å². The summed E-state index contributed by atoms with van der Waals surface area (Å²) in [6.45, 7) is 8.71. The molecule has 2 aliphatic rings. The Labute approximate surface area is 140 Å². The maximum atomic E-state index is 12.6. The summed E-state index contributed by atoms with van der Waals surface area (Å²) in [5, 5.41) is 0.